The van der Waals surface area contributed by atoms with Crippen molar-refractivity contribution in [3.05, 3.63) is 47.3 Å². The Morgan fingerprint density at radius 1 is 1.06 bits per heavy atom. The number of amides is 2. The Kier molecular flexibility index (Phi) is 5.80. The Balaban J connectivity index is 1.10. The van der Waals surface area contributed by atoms with E-state index < -0.39 is 6.09 Å². The molecule has 0 aromatic carbocycles. The molecule has 2 aliphatic heterocycles. The molecule has 0 radical (unpaired) electrons. The maximum absolute atomic E-state index is 13.1. The van der Waals surface area contributed by atoms with Crippen LogP contribution in [0.2, 0.25) is 0 Å². The van der Waals surface area contributed by atoms with Crippen molar-refractivity contribution >= 4 is 23.6 Å². The van der Waals surface area contributed by atoms with Crippen LogP contribution >= 0.6 is 0 Å². The number of pyridine rings is 2. The molecule has 184 valence electrons. The molecular formula is C26H31N5O4. The molecule has 2 saturated heterocycles. The third-order valence-corrected chi connectivity index (χ3v) is 7.41. The van der Waals surface area contributed by atoms with Crippen molar-refractivity contribution < 1.29 is 19.1 Å². The van der Waals surface area contributed by atoms with Crippen molar-refractivity contribution in [1.29, 1.82) is 0 Å². The summed E-state index contributed by atoms with van der Waals surface area (Å²) >= 11 is 0. The van der Waals surface area contributed by atoms with Crippen molar-refractivity contribution in [2.45, 2.75) is 43.6 Å². The SMILES string of the molecule is COC[C@@H]1COC(=O)N1c1ccc(C(=O)N2CCN(c3ncc(C4CC4)cc3C3CC3)CC2)cn1. The number of hydrogen-bond donors (Lipinski definition) is 0. The summed E-state index contributed by atoms with van der Waals surface area (Å²) in [6, 6.07) is 5.61. The van der Waals surface area contributed by atoms with Crippen LogP contribution in [0.15, 0.2) is 30.6 Å². The molecule has 2 aromatic heterocycles. The molecule has 0 spiro atoms. The first kappa shape index (κ1) is 22.3. The molecule has 6 rings (SSSR count). The molecular weight excluding hydrogens is 446 g/mol. The fourth-order valence-electron chi connectivity index (χ4n) is 5.11. The largest absolute Gasteiger partial charge is 0.447 e. The van der Waals surface area contributed by atoms with E-state index in [2.05, 4.69) is 22.1 Å². The molecule has 0 N–H and O–H groups in total. The number of ether oxygens (including phenoxy) is 2. The van der Waals surface area contributed by atoms with Gasteiger partial charge in [0.05, 0.1) is 18.2 Å². The maximum atomic E-state index is 13.1. The molecule has 9 nitrogen and oxygen atoms in total. The van der Waals surface area contributed by atoms with Gasteiger partial charge in [0.15, 0.2) is 0 Å². The monoisotopic (exact) mass is 477 g/mol. The average molecular weight is 478 g/mol. The van der Waals surface area contributed by atoms with Gasteiger partial charge in [0, 0.05) is 45.7 Å². The highest BCUT2D eigenvalue weighted by Crippen LogP contribution is 2.47. The van der Waals surface area contributed by atoms with Crippen LogP contribution in [-0.4, -0.2) is 79.4 Å². The third-order valence-electron chi connectivity index (χ3n) is 7.41. The molecule has 2 saturated carbocycles. The molecule has 35 heavy (non-hydrogen) atoms. The Morgan fingerprint density at radius 3 is 2.49 bits per heavy atom. The zero-order valence-electron chi connectivity index (χ0n) is 20.1. The first-order valence-corrected chi connectivity index (χ1v) is 12.6. The number of anilines is 2. The van der Waals surface area contributed by atoms with Gasteiger partial charge in [-0.1, -0.05) is 6.07 Å². The number of piperazine rings is 1. The molecule has 1 atom stereocenters. The lowest BCUT2D eigenvalue weighted by molar-refractivity contribution is 0.0746. The predicted octanol–water partition coefficient (Wildman–Crippen LogP) is 3.17. The number of aromatic nitrogens is 2. The van der Waals surface area contributed by atoms with E-state index in [4.69, 9.17) is 14.5 Å². The van der Waals surface area contributed by atoms with E-state index >= 15 is 0 Å². The molecule has 2 aliphatic carbocycles. The van der Waals surface area contributed by atoms with Gasteiger partial charge in [0.2, 0.25) is 0 Å². The van der Waals surface area contributed by atoms with Crippen molar-refractivity contribution in [3.8, 4) is 0 Å². The quantitative estimate of drug-likeness (QED) is 0.605. The Bertz CT molecular complexity index is 1110. The highest BCUT2D eigenvalue weighted by Gasteiger charge is 2.36. The van der Waals surface area contributed by atoms with Gasteiger partial charge < -0.3 is 19.3 Å². The van der Waals surface area contributed by atoms with Gasteiger partial charge in [-0.3, -0.25) is 9.69 Å². The highest BCUT2D eigenvalue weighted by atomic mass is 16.6. The summed E-state index contributed by atoms with van der Waals surface area (Å²) < 4.78 is 10.3. The first-order chi connectivity index (χ1) is 17.1. The lowest BCUT2D eigenvalue weighted by atomic mass is 10.1. The number of carbonyl (C=O) groups excluding carboxylic acids is 2. The topological polar surface area (TPSA) is 88.1 Å². The van der Waals surface area contributed by atoms with Crippen LogP contribution in [0.1, 0.15) is 59.0 Å². The minimum Gasteiger partial charge on any atom is -0.447 e. The number of hydrogen-bond acceptors (Lipinski definition) is 7. The van der Waals surface area contributed by atoms with Gasteiger partial charge >= 0.3 is 6.09 Å². The third kappa shape index (κ3) is 4.45. The zero-order chi connectivity index (χ0) is 23.9. The van der Waals surface area contributed by atoms with E-state index in [0.29, 0.717) is 42.9 Å². The van der Waals surface area contributed by atoms with E-state index in [-0.39, 0.29) is 18.6 Å². The van der Waals surface area contributed by atoms with Crippen molar-refractivity contribution in [2.24, 2.45) is 0 Å². The predicted molar refractivity (Wildman–Crippen MR) is 130 cm³/mol. The van der Waals surface area contributed by atoms with E-state index in [1.165, 1.54) is 41.7 Å². The first-order valence-electron chi connectivity index (χ1n) is 12.6. The van der Waals surface area contributed by atoms with Crippen LogP contribution in [0.4, 0.5) is 16.4 Å². The normalized spacial score (nSPS) is 22.5. The zero-order valence-corrected chi connectivity index (χ0v) is 20.1. The summed E-state index contributed by atoms with van der Waals surface area (Å²) in [5, 5.41) is 0. The molecule has 2 aromatic rings. The van der Waals surface area contributed by atoms with Gasteiger partial charge in [0.1, 0.15) is 18.2 Å². The Hall–Kier alpha value is -3.20. The summed E-state index contributed by atoms with van der Waals surface area (Å²) in [5.74, 6) is 2.89. The smallest absolute Gasteiger partial charge is 0.416 e. The Morgan fingerprint density at radius 2 is 1.83 bits per heavy atom. The van der Waals surface area contributed by atoms with Gasteiger partial charge in [0.25, 0.3) is 5.91 Å². The summed E-state index contributed by atoms with van der Waals surface area (Å²) in [5.41, 5.74) is 3.32. The number of rotatable bonds is 7. The molecule has 4 aliphatic rings. The molecule has 2 amide bonds. The van der Waals surface area contributed by atoms with Gasteiger partial charge in [-0.15, -0.1) is 0 Å². The molecule has 0 unspecified atom stereocenters. The van der Waals surface area contributed by atoms with Gasteiger partial charge in [-0.05, 0) is 60.8 Å². The summed E-state index contributed by atoms with van der Waals surface area (Å²) in [6.45, 7) is 3.45. The van der Waals surface area contributed by atoms with E-state index in [9.17, 15) is 9.59 Å². The second-order valence-electron chi connectivity index (χ2n) is 9.97. The molecule has 4 heterocycles. The molecule has 9 heteroatoms. The van der Waals surface area contributed by atoms with Crippen molar-refractivity contribution in [1.82, 2.24) is 14.9 Å². The standard InChI is InChI=1S/C26H31N5O4/c1-34-15-21-16-35-26(33)31(21)23-7-6-19(13-27-23)25(32)30-10-8-29(9-11-30)24-22(18-4-5-18)12-20(14-28-24)17-2-3-17/h6-7,12-14,17-18,21H,2-5,8-11,15-16H2,1H3/t21-/m1/s1. The van der Waals surface area contributed by atoms with Crippen molar-refractivity contribution in [2.75, 3.05) is 56.3 Å². The second-order valence-corrected chi connectivity index (χ2v) is 9.97. The average Bonchev–Trinajstić information content (AvgIpc) is 3.82. The van der Waals surface area contributed by atoms with Crippen molar-refractivity contribution in [3.63, 3.8) is 0 Å². The fraction of sp³-hybridized carbons (Fsp3) is 0.538. The van der Waals surface area contributed by atoms with E-state index in [0.717, 1.165) is 18.9 Å². The summed E-state index contributed by atoms with van der Waals surface area (Å²) in [7, 11) is 1.59. The van der Waals surface area contributed by atoms with E-state index in [1.54, 1.807) is 25.4 Å². The van der Waals surface area contributed by atoms with Crippen LogP contribution in [0.3, 0.4) is 0 Å². The summed E-state index contributed by atoms with van der Waals surface area (Å²) in [4.78, 5) is 40.2. The number of carbonyl (C=O) groups is 2. The number of nitrogens with zero attached hydrogens (tertiary/aromatic N) is 5. The lowest BCUT2D eigenvalue weighted by Crippen LogP contribution is -2.49. The van der Waals surface area contributed by atoms with Crippen LogP contribution in [0.5, 0.6) is 0 Å². The van der Waals surface area contributed by atoms with E-state index in [1.807, 2.05) is 4.90 Å². The number of methoxy groups -OCH3 is 1. The van der Waals surface area contributed by atoms with Gasteiger partial charge in [-0.25, -0.2) is 14.8 Å². The minimum atomic E-state index is -0.445. The second kappa shape index (κ2) is 9.11. The molecule has 0 bridgehead atoms. The lowest BCUT2D eigenvalue weighted by Gasteiger charge is -2.36. The van der Waals surface area contributed by atoms with Crippen LogP contribution in [0, 0.1) is 0 Å². The highest BCUT2D eigenvalue weighted by molar-refractivity contribution is 5.95. The van der Waals surface area contributed by atoms with Crippen LogP contribution < -0.4 is 9.80 Å². The molecule has 4 fully saturated rings. The maximum Gasteiger partial charge on any atom is 0.416 e. The minimum absolute atomic E-state index is 0.0411. The number of cyclic esters (lactones) is 1. The fourth-order valence-corrected chi connectivity index (χ4v) is 5.11. The summed E-state index contributed by atoms with van der Waals surface area (Å²) in [6.07, 6.45) is 8.26. The van der Waals surface area contributed by atoms with Crippen LogP contribution in [0.25, 0.3) is 0 Å². The Labute approximate surface area is 205 Å². The van der Waals surface area contributed by atoms with Gasteiger partial charge in [-0.2, -0.15) is 0 Å². The van der Waals surface area contributed by atoms with Crippen LogP contribution in [-0.2, 0) is 9.47 Å².